The molecule has 0 radical (unpaired) electrons. The molecular weight excluding hydrogens is 325 g/mol. The number of rotatable bonds is 2. The number of halogens is 3. The lowest BCUT2D eigenvalue weighted by atomic mass is 10.7. The lowest BCUT2D eigenvalue weighted by molar-refractivity contribution is -0.585. The first-order chi connectivity index (χ1) is 6.24. The van der Waals surface area contributed by atoms with Crippen LogP contribution in [0.4, 0.5) is 8.78 Å². The molecule has 0 aliphatic heterocycles. The van der Waals surface area contributed by atoms with Crippen LogP contribution >= 0.6 is 22.7 Å². The molecule has 2 aromatic rings. The first-order valence-electron chi connectivity index (χ1n) is 3.39. The first-order valence-corrected chi connectivity index (χ1v) is 7.18. The molecule has 0 amide bonds. The van der Waals surface area contributed by atoms with Crippen molar-refractivity contribution in [1.29, 1.82) is 0 Å². The summed E-state index contributed by atoms with van der Waals surface area (Å²) in [7, 11) is 0. The second-order valence-electron chi connectivity index (χ2n) is 2.18. The van der Waals surface area contributed by atoms with Crippen molar-refractivity contribution in [3.05, 3.63) is 40.3 Å². The summed E-state index contributed by atoms with van der Waals surface area (Å²) in [4.78, 5) is 0. The van der Waals surface area contributed by atoms with Crippen molar-refractivity contribution in [2.75, 3.05) is 0 Å². The molecule has 0 bridgehead atoms. The van der Waals surface area contributed by atoms with Crippen molar-refractivity contribution in [3.8, 4) is 0 Å². The van der Waals surface area contributed by atoms with Gasteiger partial charge in [0.15, 0.2) is 10.3 Å². The van der Waals surface area contributed by atoms with Crippen LogP contribution in [0.15, 0.2) is 24.3 Å². The van der Waals surface area contributed by atoms with Gasteiger partial charge in [0.25, 0.3) is 5.77 Å². The minimum atomic E-state index is -0.373. The fourth-order valence-corrected chi connectivity index (χ4v) is 6.38. The fraction of sp³-hybridized carbons (Fsp3) is 0. The molecule has 5 heteroatoms. The van der Waals surface area contributed by atoms with Gasteiger partial charge in [0.2, 0.25) is 0 Å². The molecule has 0 fully saturated rings. The van der Waals surface area contributed by atoms with Crippen LogP contribution < -0.4 is 21.2 Å². The molecule has 13 heavy (non-hydrogen) atoms. The molecule has 2 rings (SSSR count). The van der Waals surface area contributed by atoms with Crippen LogP contribution in [0, 0.1) is 16.0 Å². The largest absolute Gasteiger partial charge is 0.381 e. The van der Waals surface area contributed by atoms with Crippen LogP contribution in [0.2, 0.25) is 0 Å². The van der Waals surface area contributed by atoms with Crippen molar-refractivity contribution in [2.24, 2.45) is 0 Å². The van der Waals surface area contributed by atoms with Crippen molar-refractivity contribution in [2.45, 2.75) is 0 Å². The van der Waals surface area contributed by atoms with E-state index in [0.717, 1.165) is 28.4 Å². The highest BCUT2D eigenvalue weighted by Crippen LogP contribution is 2.07. The fourth-order valence-electron chi connectivity index (χ4n) is 0.778. The summed E-state index contributed by atoms with van der Waals surface area (Å²) >= 11 is 1.94. The minimum Gasteiger partial charge on any atom is -0.195 e. The van der Waals surface area contributed by atoms with Crippen molar-refractivity contribution < 1.29 is 30.0 Å². The van der Waals surface area contributed by atoms with Gasteiger partial charge in [-0.05, 0) is 12.1 Å². The second-order valence-corrected chi connectivity index (χ2v) is 8.58. The van der Waals surface area contributed by atoms with E-state index in [4.69, 9.17) is 0 Å². The molecule has 0 saturated heterocycles. The smallest absolute Gasteiger partial charge is 0.195 e. The lowest BCUT2D eigenvalue weighted by Crippen LogP contribution is -3.61. The summed E-state index contributed by atoms with van der Waals surface area (Å²) < 4.78 is 27.3. The normalized spacial score (nSPS) is 10.6. The van der Waals surface area contributed by atoms with Crippen LogP contribution in [-0.2, 0) is 0 Å². The summed E-state index contributed by atoms with van der Waals surface area (Å²) in [5.41, 5.74) is 0. The average Bonchev–Trinajstić information content (AvgIpc) is 2.62. The number of thiophene rings is 2. The van der Waals surface area contributed by atoms with E-state index < -0.39 is 0 Å². The zero-order valence-corrected chi connectivity index (χ0v) is 10.1. The Morgan fingerprint density at radius 3 is 1.62 bits per heavy atom. The van der Waals surface area contributed by atoms with E-state index in [1.807, 2.05) is 0 Å². The first kappa shape index (κ1) is 9.54. The standard InChI is InChI=1S/C8H4F2IS2/c9-5-1-3-7(12-5)11-8-4-2-6(10)13-8/h1-4H/q+1. The summed E-state index contributed by atoms with van der Waals surface area (Å²) in [5, 5.41) is -0.321. The van der Waals surface area contributed by atoms with Crippen LogP contribution in [0.5, 0.6) is 0 Å². The van der Waals surface area contributed by atoms with Gasteiger partial charge in [-0.2, -0.15) is 8.78 Å². The second kappa shape index (κ2) is 4.02. The molecular formula is C8H4F2IS2+. The Hall–Kier alpha value is -0.0100. The van der Waals surface area contributed by atoms with Crippen molar-refractivity contribution >= 4 is 22.7 Å². The zero-order valence-electron chi connectivity index (χ0n) is 6.26. The molecule has 68 valence electrons. The maximum atomic E-state index is 12.6. The van der Waals surface area contributed by atoms with Gasteiger partial charge in [0.1, 0.15) is 0 Å². The van der Waals surface area contributed by atoms with Crippen molar-refractivity contribution in [3.63, 3.8) is 0 Å². The Bertz CT molecular complexity index is 369. The summed E-state index contributed by atoms with van der Waals surface area (Å²) in [6.07, 6.45) is 0. The van der Waals surface area contributed by atoms with E-state index >= 15 is 0 Å². The summed E-state index contributed by atoms with van der Waals surface area (Å²) in [6.45, 7) is 0. The van der Waals surface area contributed by atoms with E-state index in [2.05, 4.69) is 0 Å². The van der Waals surface area contributed by atoms with Gasteiger partial charge in [0, 0.05) is 12.1 Å². The SMILES string of the molecule is Fc1ccc([I+]c2ccc(F)s2)s1. The molecule has 0 aliphatic carbocycles. The Balaban J connectivity index is 2.14. The maximum Gasteiger partial charge on any atom is 0.381 e. The summed E-state index contributed by atoms with van der Waals surface area (Å²) in [5.74, 6) is 0. The lowest BCUT2D eigenvalue weighted by Gasteiger charge is -1.70. The Morgan fingerprint density at radius 1 is 0.846 bits per heavy atom. The molecule has 2 aromatic heterocycles. The van der Waals surface area contributed by atoms with Crippen molar-refractivity contribution in [1.82, 2.24) is 0 Å². The van der Waals surface area contributed by atoms with Gasteiger partial charge in [-0.1, -0.05) is 22.7 Å². The zero-order chi connectivity index (χ0) is 9.26. The molecule has 0 spiro atoms. The third-order valence-electron chi connectivity index (χ3n) is 1.27. The Morgan fingerprint density at radius 2 is 1.31 bits per heavy atom. The topological polar surface area (TPSA) is 0 Å². The average molecular weight is 329 g/mol. The van der Waals surface area contributed by atoms with Gasteiger partial charge in [-0.15, -0.1) is 0 Å². The Kier molecular flexibility index (Phi) is 2.95. The monoisotopic (exact) mass is 329 g/mol. The quantitative estimate of drug-likeness (QED) is 0.692. The van der Waals surface area contributed by atoms with Crippen LogP contribution in [0.25, 0.3) is 0 Å². The third-order valence-corrected chi connectivity index (χ3v) is 6.73. The summed E-state index contributed by atoms with van der Waals surface area (Å²) in [6, 6.07) is 6.49. The van der Waals surface area contributed by atoms with Crippen LogP contribution in [-0.4, -0.2) is 0 Å². The van der Waals surface area contributed by atoms with Gasteiger partial charge in [0.05, 0.1) is 0 Å². The van der Waals surface area contributed by atoms with E-state index in [0.29, 0.717) is 0 Å². The predicted octanol–water partition coefficient (Wildman–Crippen LogP) is 0.216. The number of hydrogen-bond donors (Lipinski definition) is 0. The molecule has 0 N–H and O–H groups in total. The van der Waals surface area contributed by atoms with E-state index in [9.17, 15) is 8.78 Å². The van der Waals surface area contributed by atoms with Gasteiger partial charge < -0.3 is 0 Å². The molecule has 0 unspecified atom stereocenters. The highest BCUT2D eigenvalue weighted by Gasteiger charge is 2.20. The number of hydrogen-bond acceptors (Lipinski definition) is 2. The predicted molar refractivity (Wildman–Crippen MR) is 45.9 cm³/mol. The molecule has 2 heterocycles. The van der Waals surface area contributed by atoms with Gasteiger partial charge in [-0.3, -0.25) is 0 Å². The molecule has 0 aliphatic rings. The maximum absolute atomic E-state index is 12.6. The van der Waals surface area contributed by atoms with Gasteiger partial charge in [-0.25, -0.2) is 0 Å². The molecule has 0 saturated carbocycles. The highest BCUT2D eigenvalue weighted by atomic mass is 127. The van der Waals surface area contributed by atoms with Crippen LogP contribution in [0.1, 0.15) is 0 Å². The van der Waals surface area contributed by atoms with E-state index in [-0.39, 0.29) is 31.5 Å². The highest BCUT2D eigenvalue weighted by molar-refractivity contribution is 7.08. The molecule has 0 nitrogen and oxygen atoms in total. The third kappa shape index (κ3) is 2.47. The minimum absolute atomic E-state index is 0.160. The van der Waals surface area contributed by atoms with E-state index in [1.54, 1.807) is 12.1 Å². The molecule has 0 atom stereocenters. The Labute approximate surface area is 92.5 Å². The van der Waals surface area contributed by atoms with Gasteiger partial charge >= 0.3 is 21.2 Å². The van der Waals surface area contributed by atoms with Crippen LogP contribution in [0.3, 0.4) is 0 Å². The molecule has 0 aromatic carbocycles. The van der Waals surface area contributed by atoms with E-state index in [1.165, 1.54) is 12.1 Å².